The van der Waals surface area contributed by atoms with Crippen molar-refractivity contribution in [1.82, 2.24) is 15.3 Å². The summed E-state index contributed by atoms with van der Waals surface area (Å²) in [7, 11) is 3.85. The Bertz CT molecular complexity index is 725. The molecule has 134 valence electrons. The van der Waals surface area contributed by atoms with Gasteiger partial charge in [0.15, 0.2) is 5.13 Å². The highest BCUT2D eigenvalue weighted by molar-refractivity contribution is 7.13. The van der Waals surface area contributed by atoms with Crippen LogP contribution in [0.1, 0.15) is 25.1 Å². The van der Waals surface area contributed by atoms with Crippen molar-refractivity contribution in [3.8, 4) is 0 Å². The molecular formula is C17H23N5O2S. The van der Waals surface area contributed by atoms with E-state index in [1.807, 2.05) is 45.0 Å². The Balaban J connectivity index is 1.82. The maximum Gasteiger partial charge on any atom is 0.228 e. The second kappa shape index (κ2) is 8.57. The molecule has 25 heavy (non-hydrogen) atoms. The highest BCUT2D eigenvalue weighted by atomic mass is 32.1. The fraction of sp³-hybridized carbons (Fsp3) is 0.412. The van der Waals surface area contributed by atoms with Gasteiger partial charge in [0, 0.05) is 38.1 Å². The highest BCUT2D eigenvalue weighted by Gasteiger charge is 2.12. The van der Waals surface area contributed by atoms with Crippen LogP contribution in [0.2, 0.25) is 0 Å². The maximum absolute atomic E-state index is 12.0. The minimum atomic E-state index is -0.122. The number of thiazole rings is 1. The van der Waals surface area contributed by atoms with E-state index >= 15 is 0 Å². The summed E-state index contributed by atoms with van der Waals surface area (Å²) in [4.78, 5) is 34.2. The summed E-state index contributed by atoms with van der Waals surface area (Å²) >= 11 is 1.32. The Kier molecular flexibility index (Phi) is 6.46. The molecule has 0 atom stereocenters. The number of hydrogen-bond acceptors (Lipinski definition) is 6. The van der Waals surface area contributed by atoms with Gasteiger partial charge in [0.2, 0.25) is 11.8 Å². The van der Waals surface area contributed by atoms with Crippen LogP contribution in [-0.2, 0) is 22.6 Å². The second-order valence-electron chi connectivity index (χ2n) is 6.16. The number of anilines is 2. The van der Waals surface area contributed by atoms with E-state index in [1.54, 1.807) is 11.6 Å². The molecule has 0 bridgehead atoms. The van der Waals surface area contributed by atoms with Gasteiger partial charge in [-0.1, -0.05) is 19.9 Å². The lowest BCUT2D eigenvalue weighted by molar-refractivity contribution is -0.120. The lowest BCUT2D eigenvalue weighted by Crippen LogP contribution is -2.25. The van der Waals surface area contributed by atoms with Gasteiger partial charge in [-0.05, 0) is 11.6 Å². The third-order valence-corrected chi connectivity index (χ3v) is 4.21. The van der Waals surface area contributed by atoms with Crippen LogP contribution < -0.4 is 15.5 Å². The molecule has 0 aliphatic rings. The number of hydrogen-bond donors (Lipinski definition) is 2. The average Bonchev–Trinajstić information content (AvgIpc) is 3.00. The summed E-state index contributed by atoms with van der Waals surface area (Å²) in [5.41, 5.74) is 1.57. The van der Waals surface area contributed by atoms with Crippen molar-refractivity contribution in [3.63, 3.8) is 0 Å². The van der Waals surface area contributed by atoms with E-state index in [2.05, 4.69) is 20.6 Å². The molecular weight excluding hydrogens is 338 g/mol. The average molecular weight is 361 g/mol. The number of amides is 2. The first-order chi connectivity index (χ1) is 11.8. The second-order valence-corrected chi connectivity index (χ2v) is 7.02. The maximum atomic E-state index is 12.0. The first-order valence-electron chi connectivity index (χ1n) is 7.99. The van der Waals surface area contributed by atoms with Crippen molar-refractivity contribution < 1.29 is 9.59 Å². The lowest BCUT2D eigenvalue weighted by Gasteiger charge is -2.11. The normalized spacial score (nSPS) is 10.6. The first-order valence-corrected chi connectivity index (χ1v) is 8.87. The van der Waals surface area contributed by atoms with Gasteiger partial charge < -0.3 is 15.5 Å². The zero-order valence-corrected chi connectivity index (χ0v) is 15.7. The molecule has 0 radical (unpaired) electrons. The molecule has 2 N–H and O–H groups in total. The van der Waals surface area contributed by atoms with Gasteiger partial charge >= 0.3 is 0 Å². The number of carbonyl (C=O) groups is 2. The van der Waals surface area contributed by atoms with Crippen LogP contribution >= 0.6 is 11.3 Å². The fourth-order valence-corrected chi connectivity index (χ4v) is 2.62. The van der Waals surface area contributed by atoms with Crippen molar-refractivity contribution in [2.24, 2.45) is 5.92 Å². The molecule has 0 unspecified atom stereocenters. The van der Waals surface area contributed by atoms with Crippen LogP contribution in [0.15, 0.2) is 23.7 Å². The lowest BCUT2D eigenvalue weighted by atomic mass is 10.2. The zero-order valence-electron chi connectivity index (χ0n) is 14.9. The monoisotopic (exact) mass is 361 g/mol. The van der Waals surface area contributed by atoms with E-state index in [-0.39, 0.29) is 24.2 Å². The number of nitrogens with one attached hydrogen (secondary N) is 2. The quantitative estimate of drug-likeness (QED) is 0.788. The molecule has 2 aromatic heterocycles. The molecule has 7 nitrogen and oxygen atoms in total. The van der Waals surface area contributed by atoms with Crippen molar-refractivity contribution in [2.45, 2.75) is 26.8 Å². The first kappa shape index (κ1) is 18.9. The summed E-state index contributed by atoms with van der Waals surface area (Å²) in [6.45, 7) is 4.05. The Morgan fingerprint density at radius 3 is 2.64 bits per heavy atom. The summed E-state index contributed by atoms with van der Waals surface area (Å²) in [5, 5.41) is 7.88. The molecule has 0 saturated carbocycles. The Morgan fingerprint density at radius 2 is 2.04 bits per heavy atom. The number of aromatic nitrogens is 2. The van der Waals surface area contributed by atoms with E-state index < -0.39 is 0 Å². The molecule has 0 saturated heterocycles. The summed E-state index contributed by atoms with van der Waals surface area (Å²) in [6.07, 6.45) is 1.93. The predicted molar refractivity (Wildman–Crippen MR) is 99.7 cm³/mol. The molecule has 0 spiro atoms. The van der Waals surface area contributed by atoms with Gasteiger partial charge in [-0.2, -0.15) is 0 Å². The highest BCUT2D eigenvalue weighted by Crippen LogP contribution is 2.16. The number of pyridine rings is 1. The minimum Gasteiger partial charge on any atom is -0.363 e. The topological polar surface area (TPSA) is 87.2 Å². The van der Waals surface area contributed by atoms with E-state index in [0.717, 1.165) is 11.4 Å². The van der Waals surface area contributed by atoms with E-state index in [1.165, 1.54) is 11.3 Å². The molecule has 2 amide bonds. The molecule has 8 heteroatoms. The Hall–Kier alpha value is -2.48. The molecule has 0 aromatic carbocycles. The van der Waals surface area contributed by atoms with Gasteiger partial charge in [-0.25, -0.2) is 9.97 Å². The van der Waals surface area contributed by atoms with Gasteiger partial charge in [0.25, 0.3) is 0 Å². The number of carbonyl (C=O) groups excluding carboxylic acids is 2. The Morgan fingerprint density at radius 1 is 1.28 bits per heavy atom. The van der Waals surface area contributed by atoms with Crippen molar-refractivity contribution in [1.29, 1.82) is 0 Å². The van der Waals surface area contributed by atoms with Crippen LogP contribution in [0.3, 0.4) is 0 Å². The predicted octanol–water partition coefficient (Wildman–Crippen LogP) is 2.06. The van der Waals surface area contributed by atoms with Crippen LogP contribution in [0.5, 0.6) is 0 Å². The summed E-state index contributed by atoms with van der Waals surface area (Å²) in [5.74, 6) is 0.555. The molecule has 0 fully saturated rings. The fourth-order valence-electron chi connectivity index (χ4n) is 1.91. The smallest absolute Gasteiger partial charge is 0.228 e. The van der Waals surface area contributed by atoms with E-state index in [4.69, 9.17) is 0 Å². The minimum absolute atomic E-state index is 0.0842. The van der Waals surface area contributed by atoms with Gasteiger partial charge in [-0.3, -0.25) is 9.59 Å². The standard InChI is InChI=1S/C17H23N5O2S/c1-11(2)16(24)21-17-20-13(10-25-17)7-15(23)19-9-12-5-6-14(18-8-12)22(3)4/h5-6,8,10-11H,7,9H2,1-4H3,(H,19,23)(H,20,21,24). The van der Waals surface area contributed by atoms with Crippen LogP contribution in [0.4, 0.5) is 10.9 Å². The summed E-state index contributed by atoms with van der Waals surface area (Å²) in [6, 6.07) is 3.84. The van der Waals surface area contributed by atoms with Crippen LogP contribution in [-0.4, -0.2) is 35.9 Å². The molecule has 2 aromatic rings. The Labute approximate surface area is 151 Å². The van der Waals surface area contributed by atoms with E-state index in [9.17, 15) is 9.59 Å². The molecule has 2 rings (SSSR count). The van der Waals surface area contributed by atoms with Gasteiger partial charge in [0.05, 0.1) is 12.1 Å². The molecule has 0 aliphatic heterocycles. The van der Waals surface area contributed by atoms with Crippen LogP contribution in [0, 0.1) is 5.92 Å². The van der Waals surface area contributed by atoms with Gasteiger partial charge in [0.1, 0.15) is 5.82 Å². The third-order valence-electron chi connectivity index (χ3n) is 3.40. The molecule has 0 aliphatic carbocycles. The van der Waals surface area contributed by atoms with Crippen molar-refractivity contribution in [2.75, 3.05) is 24.3 Å². The number of rotatable bonds is 7. The van der Waals surface area contributed by atoms with Crippen LogP contribution in [0.25, 0.3) is 0 Å². The largest absolute Gasteiger partial charge is 0.363 e. The van der Waals surface area contributed by atoms with Crippen molar-refractivity contribution in [3.05, 3.63) is 35.0 Å². The number of nitrogens with zero attached hydrogens (tertiary/aromatic N) is 3. The van der Waals surface area contributed by atoms with Crippen molar-refractivity contribution >= 4 is 34.1 Å². The SMILES string of the molecule is CC(C)C(=O)Nc1nc(CC(=O)NCc2ccc(N(C)C)nc2)cs1. The third kappa shape index (κ3) is 5.82. The molecule has 2 heterocycles. The zero-order chi connectivity index (χ0) is 18.4. The van der Waals surface area contributed by atoms with E-state index in [0.29, 0.717) is 17.4 Å². The van der Waals surface area contributed by atoms with Gasteiger partial charge in [-0.15, -0.1) is 11.3 Å². The summed E-state index contributed by atoms with van der Waals surface area (Å²) < 4.78 is 0.